The lowest BCUT2D eigenvalue weighted by atomic mass is 10.1. The van der Waals surface area contributed by atoms with Crippen LogP contribution in [0.5, 0.6) is 5.75 Å². The van der Waals surface area contributed by atoms with E-state index in [-0.39, 0.29) is 29.2 Å². The highest BCUT2D eigenvalue weighted by Gasteiger charge is 2.29. The van der Waals surface area contributed by atoms with E-state index in [2.05, 4.69) is 15.0 Å². The quantitative estimate of drug-likeness (QED) is 0.750. The van der Waals surface area contributed by atoms with Crippen LogP contribution in [-0.4, -0.2) is 65.4 Å². The number of halogens is 2. The summed E-state index contributed by atoms with van der Waals surface area (Å²) >= 11 is 1.43. The molecule has 3 rings (SSSR count). The van der Waals surface area contributed by atoms with Crippen LogP contribution in [0.3, 0.4) is 0 Å². The zero-order valence-corrected chi connectivity index (χ0v) is 17.8. The number of nitrogens with zero attached hydrogens (tertiary/aromatic N) is 3. The smallest absolute Gasteiger partial charge is 0.387 e. The summed E-state index contributed by atoms with van der Waals surface area (Å²) in [5, 5.41) is 3.42. The molecule has 1 N–H and O–H groups in total. The van der Waals surface area contributed by atoms with Crippen LogP contribution in [0.15, 0.2) is 24.3 Å². The molecule has 7 nitrogen and oxygen atoms in total. The second-order valence-corrected chi connectivity index (χ2v) is 8.23. The van der Waals surface area contributed by atoms with E-state index in [1.54, 1.807) is 11.0 Å². The molecule has 0 aliphatic carbocycles. The summed E-state index contributed by atoms with van der Waals surface area (Å²) in [4.78, 5) is 34.3. The van der Waals surface area contributed by atoms with E-state index in [0.29, 0.717) is 31.3 Å². The highest BCUT2D eigenvalue weighted by molar-refractivity contribution is 7.15. The lowest BCUT2D eigenvalue weighted by Gasteiger charge is -2.37. The summed E-state index contributed by atoms with van der Waals surface area (Å²) in [6.07, 6.45) is 0. The molecule has 2 aromatic rings. The number of piperazine rings is 1. The number of thiazole rings is 1. The van der Waals surface area contributed by atoms with E-state index in [0.717, 1.165) is 10.6 Å². The normalized spacial score (nSPS) is 15.9. The summed E-state index contributed by atoms with van der Waals surface area (Å²) < 4.78 is 29.7. The molecule has 1 aromatic heterocycles. The Morgan fingerprint density at radius 2 is 1.83 bits per heavy atom. The van der Waals surface area contributed by atoms with Gasteiger partial charge in [-0.25, -0.2) is 4.98 Å². The van der Waals surface area contributed by atoms with E-state index < -0.39 is 6.61 Å². The predicted octanol–water partition coefficient (Wildman–Crippen LogP) is 3.15. The molecule has 1 aliphatic heterocycles. The van der Waals surface area contributed by atoms with Crippen LogP contribution in [-0.2, 0) is 4.79 Å². The van der Waals surface area contributed by atoms with Gasteiger partial charge in [-0.3, -0.25) is 14.5 Å². The van der Waals surface area contributed by atoms with Gasteiger partial charge in [0.15, 0.2) is 5.13 Å². The van der Waals surface area contributed by atoms with Crippen molar-refractivity contribution in [1.82, 2.24) is 14.8 Å². The van der Waals surface area contributed by atoms with E-state index in [1.807, 2.05) is 25.7 Å². The Morgan fingerprint density at radius 1 is 1.17 bits per heavy atom. The molecule has 10 heteroatoms. The Balaban J connectivity index is 1.57. The van der Waals surface area contributed by atoms with Gasteiger partial charge in [0.25, 0.3) is 5.91 Å². The Labute approximate surface area is 177 Å². The number of carbonyl (C=O) groups is 2. The molecule has 0 radical (unpaired) electrons. The third-order valence-corrected chi connectivity index (χ3v) is 6.11. The van der Waals surface area contributed by atoms with Crippen LogP contribution >= 0.6 is 11.3 Å². The first-order valence-corrected chi connectivity index (χ1v) is 10.4. The van der Waals surface area contributed by atoms with Gasteiger partial charge in [-0.1, -0.05) is 12.1 Å². The second-order valence-electron chi connectivity index (χ2n) is 7.03. The number of nitrogens with one attached hydrogen (secondary N) is 1. The van der Waals surface area contributed by atoms with Gasteiger partial charge in [0.1, 0.15) is 5.75 Å². The molecule has 0 spiro atoms. The number of alkyl halides is 2. The number of hydrogen-bond donors (Lipinski definition) is 1. The van der Waals surface area contributed by atoms with Gasteiger partial charge in [0.05, 0.1) is 17.3 Å². The van der Waals surface area contributed by atoms with Crippen molar-refractivity contribution in [2.45, 2.75) is 33.4 Å². The number of carbonyl (C=O) groups excluding carboxylic acids is 2. The number of anilines is 1. The van der Waals surface area contributed by atoms with Crippen LogP contribution in [0.4, 0.5) is 13.9 Å². The molecule has 1 fully saturated rings. The number of para-hydroxylation sites is 1. The van der Waals surface area contributed by atoms with Gasteiger partial charge < -0.3 is 15.0 Å². The molecule has 1 unspecified atom stereocenters. The van der Waals surface area contributed by atoms with Crippen LogP contribution < -0.4 is 10.1 Å². The third-order valence-electron chi connectivity index (χ3n) is 5.12. The second kappa shape index (κ2) is 9.48. The minimum absolute atomic E-state index is 0.103. The average molecular weight is 439 g/mol. The number of rotatable bonds is 6. The van der Waals surface area contributed by atoms with Crippen molar-refractivity contribution in [3.8, 4) is 5.75 Å². The number of amides is 2. The molecule has 0 saturated carbocycles. The molecular weight excluding hydrogens is 414 g/mol. The largest absolute Gasteiger partial charge is 0.434 e. The van der Waals surface area contributed by atoms with E-state index in [4.69, 9.17) is 0 Å². The molecule has 162 valence electrons. The third kappa shape index (κ3) is 5.11. The van der Waals surface area contributed by atoms with Crippen LogP contribution in [0.25, 0.3) is 0 Å². The first kappa shape index (κ1) is 22.1. The van der Waals surface area contributed by atoms with Crippen molar-refractivity contribution in [3.05, 3.63) is 40.4 Å². The van der Waals surface area contributed by atoms with Crippen molar-refractivity contribution in [2.75, 3.05) is 31.5 Å². The van der Waals surface area contributed by atoms with Crippen LogP contribution in [0.2, 0.25) is 0 Å². The Bertz CT molecular complexity index is 894. The molecule has 2 amide bonds. The fraction of sp³-hybridized carbons (Fsp3) is 0.450. The number of hydrogen-bond acceptors (Lipinski definition) is 6. The molecule has 1 aliphatic rings. The van der Waals surface area contributed by atoms with Gasteiger partial charge in [-0.05, 0) is 32.9 Å². The molecule has 1 aromatic carbocycles. The van der Waals surface area contributed by atoms with Crippen LogP contribution in [0.1, 0.15) is 27.9 Å². The van der Waals surface area contributed by atoms with Gasteiger partial charge in [0.2, 0.25) is 5.91 Å². The monoisotopic (exact) mass is 438 g/mol. The van der Waals surface area contributed by atoms with Gasteiger partial charge in [-0.15, -0.1) is 11.3 Å². The number of ether oxygens (including phenoxy) is 1. The number of aromatic nitrogens is 1. The summed E-state index contributed by atoms with van der Waals surface area (Å²) in [6.45, 7) is 4.41. The zero-order valence-electron chi connectivity index (χ0n) is 17.0. The van der Waals surface area contributed by atoms with Gasteiger partial charge >= 0.3 is 6.61 Å². The Morgan fingerprint density at radius 3 is 2.43 bits per heavy atom. The maximum atomic E-state index is 12.8. The summed E-state index contributed by atoms with van der Waals surface area (Å²) in [7, 11) is 0. The standard InChI is InChI=1S/C20H24F2N4O3S/c1-12-14(3)30-20(23-12)24-17(27)13(2)25-8-10-26(11-9-25)18(28)15-6-4-5-7-16(15)29-19(21)22/h4-7,13,19H,8-11H2,1-3H3,(H,23,24,27). The van der Waals surface area contributed by atoms with Crippen molar-refractivity contribution < 1.29 is 23.1 Å². The zero-order chi connectivity index (χ0) is 21.8. The molecule has 2 heterocycles. The van der Waals surface area contributed by atoms with Gasteiger partial charge in [-0.2, -0.15) is 8.78 Å². The lowest BCUT2D eigenvalue weighted by molar-refractivity contribution is -0.121. The fourth-order valence-electron chi connectivity index (χ4n) is 3.23. The van der Waals surface area contributed by atoms with Crippen molar-refractivity contribution in [3.63, 3.8) is 0 Å². The van der Waals surface area contributed by atoms with Crippen molar-refractivity contribution in [2.24, 2.45) is 0 Å². The topological polar surface area (TPSA) is 74.8 Å². The minimum Gasteiger partial charge on any atom is -0.434 e. The van der Waals surface area contributed by atoms with E-state index >= 15 is 0 Å². The molecule has 1 atom stereocenters. The predicted molar refractivity (Wildman–Crippen MR) is 110 cm³/mol. The first-order valence-electron chi connectivity index (χ1n) is 9.58. The number of benzene rings is 1. The molecule has 30 heavy (non-hydrogen) atoms. The molecular formula is C20H24F2N4O3S. The van der Waals surface area contributed by atoms with Gasteiger partial charge in [0, 0.05) is 31.1 Å². The first-order chi connectivity index (χ1) is 14.3. The Hall–Kier alpha value is -2.59. The summed E-state index contributed by atoms with van der Waals surface area (Å²) in [5.74, 6) is -0.655. The minimum atomic E-state index is -3.00. The average Bonchev–Trinajstić information content (AvgIpc) is 3.03. The fourth-order valence-corrected chi connectivity index (χ4v) is 4.04. The highest BCUT2D eigenvalue weighted by atomic mass is 32.1. The van der Waals surface area contributed by atoms with E-state index in [1.165, 1.54) is 29.5 Å². The Kier molecular flexibility index (Phi) is 6.99. The van der Waals surface area contributed by atoms with Crippen molar-refractivity contribution in [1.29, 1.82) is 0 Å². The number of aryl methyl sites for hydroxylation is 2. The van der Waals surface area contributed by atoms with E-state index in [9.17, 15) is 18.4 Å². The van der Waals surface area contributed by atoms with Crippen molar-refractivity contribution >= 4 is 28.3 Å². The SMILES string of the molecule is Cc1nc(NC(=O)C(C)N2CCN(C(=O)c3ccccc3OC(F)F)CC2)sc1C. The van der Waals surface area contributed by atoms with Crippen LogP contribution in [0, 0.1) is 13.8 Å². The summed E-state index contributed by atoms with van der Waals surface area (Å²) in [5.41, 5.74) is 0.998. The maximum absolute atomic E-state index is 12.8. The molecule has 0 bridgehead atoms. The highest BCUT2D eigenvalue weighted by Crippen LogP contribution is 2.24. The molecule has 1 saturated heterocycles. The summed E-state index contributed by atoms with van der Waals surface area (Å²) in [6, 6.07) is 5.58. The maximum Gasteiger partial charge on any atom is 0.387 e. The lowest BCUT2D eigenvalue weighted by Crippen LogP contribution is -2.54.